The lowest BCUT2D eigenvalue weighted by atomic mass is 9.85. The van der Waals surface area contributed by atoms with Crippen LogP contribution in [0.5, 0.6) is 0 Å². The van der Waals surface area contributed by atoms with Crippen molar-refractivity contribution in [3.8, 4) is 11.3 Å². The first kappa shape index (κ1) is 30.1. The van der Waals surface area contributed by atoms with Gasteiger partial charge in [0.15, 0.2) is 0 Å². The molecule has 1 saturated heterocycles. The molecule has 0 saturated carbocycles. The minimum atomic E-state index is -0.365. The quantitative estimate of drug-likeness (QED) is 0.293. The average Bonchev–Trinajstić information content (AvgIpc) is 3.48. The Morgan fingerprint density at radius 3 is 2.47 bits per heavy atom. The summed E-state index contributed by atoms with van der Waals surface area (Å²) in [7, 11) is 2.15. The van der Waals surface area contributed by atoms with Crippen LogP contribution in [0.2, 0.25) is 0 Å². The van der Waals surface area contributed by atoms with Gasteiger partial charge in [-0.2, -0.15) is 0 Å². The number of likely N-dealkylation sites (N-methyl/N-ethyl adjacent to an activating group) is 1. The van der Waals surface area contributed by atoms with Crippen molar-refractivity contribution >= 4 is 17.5 Å². The molecule has 2 amide bonds. The number of carbonyl (C=O) groups excluding carboxylic acids is 2. The molecule has 0 radical (unpaired) electrons. The number of hydrogen-bond donors (Lipinski definition) is 2. The zero-order valence-corrected chi connectivity index (χ0v) is 25.6. The van der Waals surface area contributed by atoms with Gasteiger partial charge in [0.1, 0.15) is 5.69 Å². The maximum Gasteiger partial charge on any atom is 0.290 e. The van der Waals surface area contributed by atoms with E-state index < -0.39 is 0 Å². The van der Waals surface area contributed by atoms with Gasteiger partial charge in [-0.3, -0.25) is 19.5 Å². The van der Waals surface area contributed by atoms with Crippen LogP contribution in [-0.2, 0) is 18.5 Å². The van der Waals surface area contributed by atoms with Crippen molar-refractivity contribution in [2.45, 2.75) is 46.2 Å². The van der Waals surface area contributed by atoms with E-state index in [1.54, 1.807) is 18.5 Å². The van der Waals surface area contributed by atoms with Crippen molar-refractivity contribution in [1.82, 2.24) is 25.3 Å². The molecule has 2 aromatic carbocycles. The van der Waals surface area contributed by atoms with Crippen LogP contribution >= 0.6 is 0 Å². The van der Waals surface area contributed by atoms with Gasteiger partial charge < -0.3 is 20.1 Å². The van der Waals surface area contributed by atoms with Gasteiger partial charge in [0.25, 0.3) is 11.8 Å². The smallest absolute Gasteiger partial charge is 0.290 e. The first-order valence-electron chi connectivity index (χ1n) is 14.7. The Kier molecular flexibility index (Phi) is 9.03. The third-order valence-corrected chi connectivity index (χ3v) is 7.80. The van der Waals surface area contributed by atoms with Gasteiger partial charge in [-0.1, -0.05) is 44.1 Å². The van der Waals surface area contributed by atoms with Gasteiger partial charge in [0.05, 0.1) is 0 Å². The molecule has 0 aliphatic carbocycles. The summed E-state index contributed by atoms with van der Waals surface area (Å²) in [6, 6.07) is 17.2. The molecule has 0 bridgehead atoms. The Balaban J connectivity index is 1.31. The van der Waals surface area contributed by atoms with Gasteiger partial charge in [0, 0.05) is 74.5 Å². The molecular formula is C34H40N6O3. The van der Waals surface area contributed by atoms with Crippen LogP contribution in [0, 0.1) is 6.92 Å². The van der Waals surface area contributed by atoms with Crippen molar-refractivity contribution in [3.63, 3.8) is 0 Å². The number of pyridine rings is 1. The van der Waals surface area contributed by atoms with Crippen molar-refractivity contribution in [3.05, 3.63) is 101 Å². The van der Waals surface area contributed by atoms with E-state index in [1.807, 2.05) is 49.4 Å². The van der Waals surface area contributed by atoms with Gasteiger partial charge in [-0.05, 0) is 72.0 Å². The lowest BCUT2D eigenvalue weighted by Gasteiger charge is -2.32. The van der Waals surface area contributed by atoms with Gasteiger partial charge >= 0.3 is 0 Å². The number of hydrogen-bond acceptors (Lipinski definition) is 7. The lowest BCUT2D eigenvalue weighted by Crippen LogP contribution is -2.43. The summed E-state index contributed by atoms with van der Waals surface area (Å²) in [5.74, 6) is -0.424. The molecule has 43 heavy (non-hydrogen) atoms. The van der Waals surface area contributed by atoms with E-state index in [0.717, 1.165) is 60.5 Å². The van der Waals surface area contributed by atoms with Crippen LogP contribution < -0.4 is 10.6 Å². The number of nitrogens with one attached hydrogen (secondary N) is 2. The molecule has 1 aliphatic rings. The van der Waals surface area contributed by atoms with Crippen LogP contribution in [0.15, 0.2) is 71.5 Å². The summed E-state index contributed by atoms with van der Waals surface area (Å²) in [4.78, 5) is 35.1. The number of aryl methyl sites for hydroxylation is 1. The first-order chi connectivity index (χ1) is 20.5. The van der Waals surface area contributed by atoms with Crippen LogP contribution in [0.1, 0.15) is 63.9 Å². The number of benzene rings is 2. The zero-order valence-electron chi connectivity index (χ0n) is 25.6. The minimum absolute atomic E-state index is 0.0981. The molecule has 224 valence electrons. The van der Waals surface area contributed by atoms with Crippen LogP contribution in [-0.4, -0.2) is 65.0 Å². The van der Waals surface area contributed by atoms with Crippen molar-refractivity contribution in [2.75, 3.05) is 38.5 Å². The number of piperazine rings is 1. The van der Waals surface area contributed by atoms with Crippen LogP contribution in [0.4, 0.5) is 5.69 Å². The minimum Gasteiger partial charge on any atom is -0.350 e. The Morgan fingerprint density at radius 2 is 1.74 bits per heavy atom. The highest BCUT2D eigenvalue weighted by atomic mass is 16.5. The third-order valence-electron chi connectivity index (χ3n) is 7.80. The summed E-state index contributed by atoms with van der Waals surface area (Å²) >= 11 is 0. The predicted molar refractivity (Wildman–Crippen MR) is 168 cm³/mol. The number of carbonyl (C=O) groups is 2. The van der Waals surface area contributed by atoms with Crippen molar-refractivity contribution in [2.24, 2.45) is 0 Å². The van der Waals surface area contributed by atoms with Gasteiger partial charge in [0.2, 0.25) is 5.76 Å². The average molecular weight is 581 g/mol. The van der Waals surface area contributed by atoms with Crippen molar-refractivity contribution < 1.29 is 14.1 Å². The second-order valence-corrected chi connectivity index (χ2v) is 12.4. The molecule has 3 heterocycles. The van der Waals surface area contributed by atoms with E-state index in [-0.39, 0.29) is 23.0 Å². The third kappa shape index (κ3) is 7.74. The lowest BCUT2D eigenvalue weighted by molar-refractivity contribution is 0.0913. The van der Waals surface area contributed by atoms with E-state index in [0.29, 0.717) is 23.5 Å². The highest BCUT2D eigenvalue weighted by Gasteiger charge is 2.21. The molecule has 1 fully saturated rings. The molecule has 4 aromatic rings. The fraction of sp³-hybridized carbons (Fsp3) is 0.353. The second kappa shape index (κ2) is 12.9. The topological polar surface area (TPSA) is 104 Å². The fourth-order valence-corrected chi connectivity index (χ4v) is 5.07. The largest absolute Gasteiger partial charge is 0.350 e. The molecule has 0 atom stereocenters. The van der Waals surface area contributed by atoms with Gasteiger partial charge in [-0.25, -0.2) is 0 Å². The summed E-state index contributed by atoms with van der Waals surface area (Å²) in [6.45, 7) is 13.7. The summed E-state index contributed by atoms with van der Waals surface area (Å²) < 4.78 is 5.37. The molecular weight excluding hydrogens is 540 g/mol. The molecule has 0 spiro atoms. The van der Waals surface area contributed by atoms with Crippen molar-refractivity contribution in [1.29, 1.82) is 0 Å². The van der Waals surface area contributed by atoms with E-state index in [2.05, 4.69) is 64.5 Å². The Labute approximate surface area is 253 Å². The first-order valence-corrected chi connectivity index (χ1v) is 14.7. The van der Waals surface area contributed by atoms with Crippen LogP contribution in [0.25, 0.3) is 11.3 Å². The summed E-state index contributed by atoms with van der Waals surface area (Å²) in [5.41, 5.74) is 6.56. The Hall–Kier alpha value is -4.34. The summed E-state index contributed by atoms with van der Waals surface area (Å²) in [6.07, 6.45) is 3.38. The molecule has 5 rings (SSSR count). The van der Waals surface area contributed by atoms with E-state index in [1.165, 1.54) is 0 Å². The van der Waals surface area contributed by atoms with Crippen LogP contribution in [0.3, 0.4) is 0 Å². The maximum absolute atomic E-state index is 13.6. The highest BCUT2D eigenvalue weighted by Crippen LogP contribution is 2.29. The predicted octanol–water partition coefficient (Wildman–Crippen LogP) is 5.27. The van der Waals surface area contributed by atoms with E-state index >= 15 is 0 Å². The zero-order chi connectivity index (χ0) is 30.6. The Morgan fingerprint density at radius 1 is 0.953 bits per heavy atom. The molecule has 9 heteroatoms. The molecule has 0 unspecified atom stereocenters. The number of anilines is 1. The van der Waals surface area contributed by atoms with E-state index in [9.17, 15) is 9.59 Å². The second-order valence-electron chi connectivity index (χ2n) is 12.4. The maximum atomic E-state index is 13.6. The highest BCUT2D eigenvalue weighted by molar-refractivity contribution is 6.05. The Bertz CT molecular complexity index is 1580. The molecule has 9 nitrogen and oxygen atoms in total. The van der Waals surface area contributed by atoms with E-state index in [4.69, 9.17) is 4.52 Å². The number of aromatic nitrogens is 2. The standard InChI is InChI=1S/C34H40N6O3/c1-23-8-9-28(18-29(23)30-19-31(43-38-30)33(42)36-21-24-7-6-10-35-20-24)37-32(41)26-15-25(16-27(17-26)34(2,3)4)22-40-13-11-39(5)12-14-40/h6-10,15-20H,11-14,21-22H2,1-5H3,(H,36,42)(H,37,41). The van der Waals surface area contributed by atoms with Gasteiger partial charge in [-0.15, -0.1) is 0 Å². The SMILES string of the molecule is Cc1ccc(NC(=O)c2cc(CN3CCN(C)CC3)cc(C(C)(C)C)c2)cc1-c1cc(C(=O)NCc2cccnc2)on1. The summed E-state index contributed by atoms with van der Waals surface area (Å²) in [5, 5.41) is 10.0. The number of amides is 2. The number of rotatable bonds is 8. The number of nitrogens with zero attached hydrogens (tertiary/aromatic N) is 4. The molecule has 1 aliphatic heterocycles. The molecule has 2 N–H and O–H groups in total. The normalized spacial score (nSPS) is 14.4. The molecule has 2 aromatic heterocycles. The monoisotopic (exact) mass is 580 g/mol. The fourth-order valence-electron chi connectivity index (χ4n) is 5.07.